The summed E-state index contributed by atoms with van der Waals surface area (Å²) < 4.78 is 5.99. The molecule has 2 N–H and O–H groups in total. The number of phenolic OH excluding ortho intramolecular Hbond substituents is 1. The molecule has 0 radical (unpaired) electrons. The lowest BCUT2D eigenvalue weighted by Crippen LogP contribution is -2.05. The topological polar surface area (TPSA) is 58.1 Å². The van der Waals surface area contributed by atoms with E-state index >= 15 is 0 Å². The zero-order valence-electron chi connectivity index (χ0n) is 13.5. The van der Waals surface area contributed by atoms with Gasteiger partial charge in [0.2, 0.25) is 0 Å². The summed E-state index contributed by atoms with van der Waals surface area (Å²) in [6.07, 6.45) is 1.77. The van der Waals surface area contributed by atoms with Crippen molar-refractivity contribution in [3.05, 3.63) is 59.5 Å². The second kappa shape index (κ2) is 6.84. The number of nitrogens with zero attached hydrogens (tertiary/aromatic N) is 1. The van der Waals surface area contributed by atoms with Gasteiger partial charge < -0.3 is 14.8 Å². The Labute approximate surface area is 145 Å². The van der Waals surface area contributed by atoms with Gasteiger partial charge in [0.1, 0.15) is 11.5 Å². The van der Waals surface area contributed by atoms with Crippen LogP contribution in [0.1, 0.15) is 13.8 Å². The highest BCUT2D eigenvalue weighted by Crippen LogP contribution is 2.36. The second-order valence-corrected chi connectivity index (χ2v) is 6.08. The third kappa shape index (κ3) is 3.46. The molecule has 3 rings (SSSR count). The van der Waals surface area contributed by atoms with Gasteiger partial charge in [-0.2, -0.15) is 0 Å². The van der Waals surface area contributed by atoms with Gasteiger partial charge in [-0.15, -0.1) is 0 Å². The third-order valence-corrected chi connectivity index (χ3v) is 3.71. The highest BCUT2D eigenvalue weighted by molar-refractivity contribution is 7.71. The average molecular weight is 338 g/mol. The van der Waals surface area contributed by atoms with E-state index in [2.05, 4.69) is 9.97 Å². The summed E-state index contributed by atoms with van der Waals surface area (Å²) in [6.45, 7) is 3.89. The number of phenols is 1. The first kappa shape index (κ1) is 16.2. The lowest BCUT2D eigenvalue weighted by molar-refractivity contribution is 0.241. The highest BCUT2D eigenvalue weighted by atomic mass is 32.1. The van der Waals surface area contributed by atoms with E-state index in [4.69, 9.17) is 17.0 Å². The van der Waals surface area contributed by atoms with Gasteiger partial charge >= 0.3 is 0 Å². The summed E-state index contributed by atoms with van der Waals surface area (Å²) in [5, 5.41) is 10.5. The minimum atomic E-state index is 0.0434. The number of aromatic amines is 1. The second-order valence-electron chi connectivity index (χ2n) is 5.69. The lowest BCUT2D eigenvalue weighted by Gasteiger charge is -2.14. The Balaban J connectivity index is 2.13. The number of hydrogen-bond acceptors (Lipinski definition) is 4. The quantitative estimate of drug-likeness (QED) is 0.660. The van der Waals surface area contributed by atoms with Crippen LogP contribution in [0.25, 0.3) is 22.4 Å². The zero-order valence-corrected chi connectivity index (χ0v) is 14.3. The molecule has 0 bridgehead atoms. The van der Waals surface area contributed by atoms with Gasteiger partial charge in [0.15, 0.2) is 4.77 Å². The molecule has 2 aromatic carbocycles. The molecular weight excluding hydrogens is 320 g/mol. The van der Waals surface area contributed by atoms with Crippen molar-refractivity contribution in [2.24, 2.45) is 0 Å². The number of aromatic nitrogens is 2. The van der Waals surface area contributed by atoms with E-state index in [0.29, 0.717) is 16.1 Å². The van der Waals surface area contributed by atoms with E-state index in [1.807, 2.05) is 56.3 Å². The molecule has 122 valence electrons. The van der Waals surface area contributed by atoms with Gasteiger partial charge in [-0.3, -0.25) is 0 Å². The molecule has 0 fully saturated rings. The largest absolute Gasteiger partial charge is 0.507 e. The Bertz CT molecular complexity index is 905. The fourth-order valence-corrected chi connectivity index (χ4v) is 2.67. The van der Waals surface area contributed by atoms with E-state index in [9.17, 15) is 5.11 Å². The van der Waals surface area contributed by atoms with Crippen molar-refractivity contribution < 1.29 is 9.84 Å². The van der Waals surface area contributed by atoms with Gasteiger partial charge in [0.05, 0.1) is 11.8 Å². The summed E-state index contributed by atoms with van der Waals surface area (Å²) in [4.78, 5) is 7.28. The summed E-state index contributed by atoms with van der Waals surface area (Å²) >= 11 is 5.16. The molecule has 0 unspecified atom stereocenters. The summed E-state index contributed by atoms with van der Waals surface area (Å²) in [7, 11) is 0. The van der Waals surface area contributed by atoms with Crippen LogP contribution in [0.2, 0.25) is 0 Å². The molecule has 0 aliphatic carbocycles. The first-order chi connectivity index (χ1) is 11.5. The molecule has 0 aliphatic heterocycles. The monoisotopic (exact) mass is 338 g/mol. The summed E-state index contributed by atoms with van der Waals surface area (Å²) in [5.74, 6) is 0.752. The van der Waals surface area contributed by atoms with Crippen LogP contribution < -0.4 is 4.74 Å². The van der Waals surface area contributed by atoms with E-state index in [1.54, 1.807) is 12.3 Å². The number of aromatic hydroxyl groups is 1. The van der Waals surface area contributed by atoms with Crippen molar-refractivity contribution in [3.8, 4) is 33.9 Å². The number of benzene rings is 2. The number of H-pyrrole nitrogens is 1. The van der Waals surface area contributed by atoms with Crippen LogP contribution >= 0.6 is 12.2 Å². The van der Waals surface area contributed by atoms with Crippen LogP contribution in [0, 0.1) is 4.77 Å². The summed E-state index contributed by atoms with van der Waals surface area (Å²) in [5.41, 5.74) is 3.25. The maximum Gasteiger partial charge on any atom is 0.197 e. The third-order valence-electron chi connectivity index (χ3n) is 3.51. The standard InChI is InChI=1S/C19H18N2O2S/c1-12(2)23-14-8-9-15(17(22)10-14)18-16(11-20-19(24)21-18)13-6-4-3-5-7-13/h3-12,22H,1-2H3,(H,20,21,24). The first-order valence-electron chi connectivity index (χ1n) is 7.69. The molecule has 1 heterocycles. The molecule has 0 saturated heterocycles. The zero-order chi connectivity index (χ0) is 17.1. The van der Waals surface area contributed by atoms with E-state index in [0.717, 1.165) is 16.8 Å². The van der Waals surface area contributed by atoms with E-state index < -0.39 is 0 Å². The molecule has 0 atom stereocenters. The summed E-state index contributed by atoms with van der Waals surface area (Å²) in [6, 6.07) is 15.1. The molecule has 1 aromatic heterocycles. The van der Waals surface area contributed by atoms with Crippen molar-refractivity contribution >= 4 is 12.2 Å². The Morgan fingerprint density at radius 3 is 2.50 bits per heavy atom. The van der Waals surface area contributed by atoms with Crippen LogP contribution in [0.15, 0.2) is 54.7 Å². The Morgan fingerprint density at radius 2 is 1.83 bits per heavy atom. The lowest BCUT2D eigenvalue weighted by atomic mass is 10.0. The Hall–Kier alpha value is -2.66. The average Bonchev–Trinajstić information content (AvgIpc) is 2.55. The van der Waals surface area contributed by atoms with Gasteiger partial charge in [-0.25, -0.2) is 4.98 Å². The molecule has 5 heteroatoms. The van der Waals surface area contributed by atoms with Crippen molar-refractivity contribution in [2.75, 3.05) is 0 Å². The van der Waals surface area contributed by atoms with Crippen LogP contribution in [-0.4, -0.2) is 21.2 Å². The molecule has 3 aromatic rings. The number of rotatable bonds is 4. The Kier molecular flexibility index (Phi) is 4.62. The normalized spacial score (nSPS) is 10.8. The number of nitrogens with one attached hydrogen (secondary N) is 1. The van der Waals surface area contributed by atoms with Crippen LogP contribution in [0.3, 0.4) is 0 Å². The maximum absolute atomic E-state index is 10.5. The van der Waals surface area contributed by atoms with Crippen molar-refractivity contribution in [3.63, 3.8) is 0 Å². The Morgan fingerprint density at radius 1 is 1.08 bits per heavy atom. The molecule has 4 nitrogen and oxygen atoms in total. The first-order valence-corrected chi connectivity index (χ1v) is 8.10. The minimum Gasteiger partial charge on any atom is -0.507 e. The van der Waals surface area contributed by atoms with E-state index in [-0.39, 0.29) is 11.9 Å². The fourth-order valence-electron chi connectivity index (χ4n) is 2.51. The van der Waals surface area contributed by atoms with Crippen LogP contribution in [0.4, 0.5) is 0 Å². The predicted octanol–water partition coefficient (Wildman–Crippen LogP) is 4.97. The van der Waals surface area contributed by atoms with Crippen molar-refractivity contribution in [1.82, 2.24) is 9.97 Å². The molecule has 0 amide bonds. The van der Waals surface area contributed by atoms with Gasteiger partial charge in [0.25, 0.3) is 0 Å². The van der Waals surface area contributed by atoms with Crippen LogP contribution in [0.5, 0.6) is 11.5 Å². The SMILES string of the molecule is CC(C)Oc1ccc(-c2[nH]c(=S)ncc2-c2ccccc2)c(O)c1. The molecule has 0 aliphatic rings. The van der Waals surface area contributed by atoms with Crippen molar-refractivity contribution in [2.45, 2.75) is 20.0 Å². The van der Waals surface area contributed by atoms with Crippen LogP contribution in [-0.2, 0) is 0 Å². The molecular formula is C19H18N2O2S. The fraction of sp³-hybridized carbons (Fsp3) is 0.158. The van der Waals surface area contributed by atoms with Gasteiger partial charge in [-0.05, 0) is 43.8 Å². The van der Waals surface area contributed by atoms with Crippen molar-refractivity contribution in [1.29, 1.82) is 0 Å². The molecule has 0 spiro atoms. The van der Waals surface area contributed by atoms with E-state index in [1.165, 1.54) is 0 Å². The minimum absolute atomic E-state index is 0.0434. The predicted molar refractivity (Wildman–Crippen MR) is 97.7 cm³/mol. The van der Waals surface area contributed by atoms with Gasteiger partial charge in [0, 0.05) is 23.4 Å². The molecule has 24 heavy (non-hydrogen) atoms. The smallest absolute Gasteiger partial charge is 0.197 e. The highest BCUT2D eigenvalue weighted by Gasteiger charge is 2.13. The molecule has 0 saturated carbocycles. The number of ether oxygens (including phenoxy) is 1. The maximum atomic E-state index is 10.5. The number of hydrogen-bond donors (Lipinski definition) is 2. The van der Waals surface area contributed by atoms with Gasteiger partial charge in [-0.1, -0.05) is 30.3 Å².